The predicted octanol–water partition coefficient (Wildman–Crippen LogP) is 3.87. The van der Waals surface area contributed by atoms with Crippen LogP contribution >= 0.6 is 0 Å². The standard InChI is InChI=1S/C16H23F3N2/c1-13(2)6-7-20-8-10-21(11-9-20)15-5-3-4-14(12-15)16(17,18)19/h3-5,12-13H,6-11H2,1-2H3. The summed E-state index contributed by atoms with van der Waals surface area (Å²) in [5.41, 5.74) is 0.107. The van der Waals surface area contributed by atoms with Crippen LogP contribution in [0, 0.1) is 5.92 Å². The Balaban J connectivity index is 1.93. The SMILES string of the molecule is CC(C)CCN1CCN(c2cccc(C(F)(F)F)c2)CC1. The zero-order valence-corrected chi connectivity index (χ0v) is 12.7. The van der Waals surface area contributed by atoms with E-state index < -0.39 is 11.7 Å². The van der Waals surface area contributed by atoms with E-state index in [-0.39, 0.29) is 0 Å². The molecule has 0 amide bonds. The van der Waals surface area contributed by atoms with Crippen molar-refractivity contribution in [3.05, 3.63) is 29.8 Å². The van der Waals surface area contributed by atoms with Crippen LogP contribution < -0.4 is 4.90 Å². The lowest BCUT2D eigenvalue weighted by Gasteiger charge is -2.36. The van der Waals surface area contributed by atoms with Crippen LogP contribution in [0.4, 0.5) is 18.9 Å². The average molecular weight is 300 g/mol. The fraction of sp³-hybridized carbons (Fsp3) is 0.625. The maximum atomic E-state index is 12.7. The van der Waals surface area contributed by atoms with Crippen LogP contribution in [0.15, 0.2) is 24.3 Å². The van der Waals surface area contributed by atoms with Crippen molar-refractivity contribution in [2.45, 2.75) is 26.4 Å². The summed E-state index contributed by atoms with van der Waals surface area (Å²) < 4.78 is 38.2. The lowest BCUT2D eigenvalue weighted by Crippen LogP contribution is -2.46. The van der Waals surface area contributed by atoms with Crippen molar-refractivity contribution in [1.29, 1.82) is 0 Å². The number of alkyl halides is 3. The highest BCUT2D eigenvalue weighted by molar-refractivity contribution is 5.49. The van der Waals surface area contributed by atoms with Gasteiger partial charge in [0.25, 0.3) is 0 Å². The molecule has 2 nitrogen and oxygen atoms in total. The highest BCUT2D eigenvalue weighted by atomic mass is 19.4. The van der Waals surface area contributed by atoms with Crippen LogP contribution in [-0.4, -0.2) is 37.6 Å². The summed E-state index contributed by atoms with van der Waals surface area (Å²) in [4.78, 5) is 4.44. The molecule has 0 bridgehead atoms. The second-order valence-corrected chi connectivity index (χ2v) is 6.06. The zero-order valence-electron chi connectivity index (χ0n) is 12.7. The molecular formula is C16H23F3N2. The molecule has 1 saturated heterocycles. The average Bonchev–Trinajstić information content (AvgIpc) is 2.45. The first-order valence-electron chi connectivity index (χ1n) is 7.51. The van der Waals surface area contributed by atoms with E-state index in [1.807, 2.05) is 4.90 Å². The van der Waals surface area contributed by atoms with Gasteiger partial charge in [0.1, 0.15) is 0 Å². The van der Waals surface area contributed by atoms with Gasteiger partial charge in [0.2, 0.25) is 0 Å². The molecule has 0 saturated carbocycles. The molecule has 0 radical (unpaired) electrons. The van der Waals surface area contributed by atoms with Gasteiger partial charge in [-0.05, 0) is 37.1 Å². The maximum absolute atomic E-state index is 12.7. The highest BCUT2D eigenvalue weighted by Gasteiger charge is 2.31. The Kier molecular flexibility index (Phi) is 5.14. The van der Waals surface area contributed by atoms with Crippen LogP contribution in [0.1, 0.15) is 25.8 Å². The van der Waals surface area contributed by atoms with Crippen molar-refractivity contribution in [3.8, 4) is 0 Å². The Morgan fingerprint density at radius 1 is 1.10 bits per heavy atom. The van der Waals surface area contributed by atoms with Crippen molar-refractivity contribution < 1.29 is 13.2 Å². The number of hydrogen-bond donors (Lipinski definition) is 0. The minimum Gasteiger partial charge on any atom is -0.369 e. The van der Waals surface area contributed by atoms with Gasteiger partial charge in [-0.25, -0.2) is 0 Å². The number of benzene rings is 1. The summed E-state index contributed by atoms with van der Waals surface area (Å²) in [7, 11) is 0. The molecule has 2 rings (SSSR count). The third kappa shape index (κ3) is 4.63. The van der Waals surface area contributed by atoms with E-state index in [9.17, 15) is 13.2 Å². The summed E-state index contributed by atoms with van der Waals surface area (Å²) in [6.45, 7) is 8.91. The normalized spacial score (nSPS) is 17.5. The second kappa shape index (κ2) is 6.69. The fourth-order valence-electron chi connectivity index (χ4n) is 2.55. The Bertz CT molecular complexity index is 449. The lowest BCUT2D eigenvalue weighted by molar-refractivity contribution is -0.137. The van der Waals surface area contributed by atoms with E-state index in [1.54, 1.807) is 6.07 Å². The van der Waals surface area contributed by atoms with Gasteiger partial charge >= 0.3 is 6.18 Å². The third-order valence-corrected chi connectivity index (χ3v) is 3.93. The molecule has 0 aliphatic carbocycles. The van der Waals surface area contributed by atoms with Crippen LogP contribution in [-0.2, 0) is 6.18 Å². The first-order valence-corrected chi connectivity index (χ1v) is 7.51. The molecule has 1 aliphatic rings. The fourth-order valence-corrected chi connectivity index (χ4v) is 2.55. The molecule has 0 N–H and O–H groups in total. The zero-order chi connectivity index (χ0) is 15.5. The maximum Gasteiger partial charge on any atom is 0.416 e. The van der Waals surface area contributed by atoms with E-state index in [2.05, 4.69) is 18.7 Å². The number of hydrogen-bond acceptors (Lipinski definition) is 2. The molecule has 1 aromatic carbocycles. The van der Waals surface area contributed by atoms with Crippen molar-refractivity contribution in [3.63, 3.8) is 0 Å². The van der Waals surface area contributed by atoms with Crippen LogP contribution in [0.25, 0.3) is 0 Å². The van der Waals surface area contributed by atoms with Crippen LogP contribution in [0.2, 0.25) is 0 Å². The largest absolute Gasteiger partial charge is 0.416 e. The summed E-state index contributed by atoms with van der Waals surface area (Å²) in [6.07, 6.45) is -3.10. The van der Waals surface area contributed by atoms with Gasteiger partial charge in [0.05, 0.1) is 5.56 Å². The van der Waals surface area contributed by atoms with Gasteiger partial charge in [-0.15, -0.1) is 0 Å². The topological polar surface area (TPSA) is 6.48 Å². The minimum absolute atomic E-state index is 0.567. The van der Waals surface area contributed by atoms with Gasteiger partial charge in [0.15, 0.2) is 0 Å². The molecular weight excluding hydrogens is 277 g/mol. The summed E-state index contributed by atoms with van der Waals surface area (Å²) in [5, 5.41) is 0. The first kappa shape index (κ1) is 16.1. The molecule has 0 atom stereocenters. The van der Waals surface area contributed by atoms with Crippen LogP contribution in [0.5, 0.6) is 0 Å². The number of anilines is 1. The van der Waals surface area contributed by atoms with Crippen molar-refractivity contribution in [2.75, 3.05) is 37.6 Å². The Hall–Kier alpha value is -1.23. The molecule has 1 aromatic rings. The van der Waals surface area contributed by atoms with E-state index in [1.165, 1.54) is 18.6 Å². The minimum atomic E-state index is -4.27. The highest BCUT2D eigenvalue weighted by Crippen LogP contribution is 2.31. The summed E-state index contributed by atoms with van der Waals surface area (Å²) >= 11 is 0. The van der Waals surface area contributed by atoms with Gasteiger partial charge in [-0.1, -0.05) is 19.9 Å². The van der Waals surface area contributed by atoms with E-state index in [4.69, 9.17) is 0 Å². The lowest BCUT2D eigenvalue weighted by atomic mass is 10.1. The van der Waals surface area contributed by atoms with E-state index in [0.717, 1.165) is 38.8 Å². The van der Waals surface area contributed by atoms with Gasteiger partial charge in [-0.3, -0.25) is 4.90 Å². The van der Waals surface area contributed by atoms with Crippen molar-refractivity contribution in [2.24, 2.45) is 5.92 Å². The molecule has 5 heteroatoms. The van der Waals surface area contributed by atoms with Crippen molar-refractivity contribution >= 4 is 5.69 Å². The molecule has 0 spiro atoms. The number of rotatable bonds is 4. The van der Waals surface area contributed by atoms with Crippen molar-refractivity contribution in [1.82, 2.24) is 4.90 Å². The Morgan fingerprint density at radius 3 is 2.33 bits per heavy atom. The monoisotopic (exact) mass is 300 g/mol. The Labute approximate surface area is 124 Å². The van der Waals surface area contributed by atoms with E-state index >= 15 is 0 Å². The van der Waals surface area contributed by atoms with Gasteiger partial charge in [0, 0.05) is 31.9 Å². The van der Waals surface area contributed by atoms with Gasteiger partial charge in [-0.2, -0.15) is 13.2 Å². The number of nitrogens with zero attached hydrogens (tertiary/aromatic N) is 2. The summed E-state index contributed by atoms with van der Waals surface area (Å²) in [6, 6.07) is 5.63. The predicted molar refractivity (Wildman–Crippen MR) is 79.6 cm³/mol. The molecule has 118 valence electrons. The second-order valence-electron chi connectivity index (χ2n) is 6.06. The molecule has 21 heavy (non-hydrogen) atoms. The molecule has 0 aromatic heterocycles. The van der Waals surface area contributed by atoms with Crippen LogP contribution in [0.3, 0.4) is 0 Å². The number of piperazine rings is 1. The quantitative estimate of drug-likeness (QED) is 0.833. The van der Waals surface area contributed by atoms with E-state index in [0.29, 0.717) is 11.6 Å². The molecule has 1 heterocycles. The third-order valence-electron chi connectivity index (χ3n) is 3.93. The summed E-state index contributed by atoms with van der Waals surface area (Å²) in [5.74, 6) is 0.687. The first-order chi connectivity index (χ1) is 9.86. The number of halogens is 3. The molecule has 1 fully saturated rings. The molecule has 1 aliphatic heterocycles. The molecule has 0 unspecified atom stereocenters. The smallest absolute Gasteiger partial charge is 0.369 e. The Morgan fingerprint density at radius 2 is 1.76 bits per heavy atom. The van der Waals surface area contributed by atoms with Gasteiger partial charge < -0.3 is 4.90 Å².